The number of hydrogen-bond donors (Lipinski definition) is 1. The predicted molar refractivity (Wildman–Crippen MR) is 112 cm³/mol. The van der Waals surface area contributed by atoms with Crippen molar-refractivity contribution in [3.63, 3.8) is 0 Å². The van der Waals surface area contributed by atoms with Gasteiger partial charge >= 0.3 is 6.18 Å². The van der Waals surface area contributed by atoms with Gasteiger partial charge < -0.3 is 9.64 Å². The molecule has 2 atom stereocenters. The van der Waals surface area contributed by atoms with Crippen molar-refractivity contribution >= 4 is 15.9 Å². The van der Waals surface area contributed by atoms with Gasteiger partial charge in [0.15, 0.2) is 0 Å². The Morgan fingerprint density at radius 2 is 1.94 bits per heavy atom. The number of nitriles is 1. The Morgan fingerprint density at radius 3 is 2.55 bits per heavy atom. The number of nitrogens with zero attached hydrogens (tertiary/aromatic N) is 2. The van der Waals surface area contributed by atoms with Crippen molar-refractivity contribution in [3.05, 3.63) is 77.9 Å². The standard InChI is InChI=1S/C22H20F3N3O4S/c1-2-21(29)28-12-19(27-33(30,31)18-5-3-4-16(10-18)11-26)20(13-28)32-14-15-6-8-17(9-7-15)22(23,24)25/h2-10,19-20,27H,1,12-14H2/t19-,20-/m1/s1. The van der Waals surface area contributed by atoms with Crippen molar-refractivity contribution in [1.29, 1.82) is 5.26 Å². The van der Waals surface area contributed by atoms with Gasteiger partial charge in [-0.25, -0.2) is 13.1 Å². The van der Waals surface area contributed by atoms with Crippen LogP contribution in [0.5, 0.6) is 0 Å². The van der Waals surface area contributed by atoms with E-state index in [2.05, 4.69) is 11.3 Å². The van der Waals surface area contributed by atoms with Gasteiger partial charge in [0.25, 0.3) is 0 Å². The monoisotopic (exact) mass is 479 g/mol. The maximum absolute atomic E-state index is 12.8. The highest BCUT2D eigenvalue weighted by molar-refractivity contribution is 7.89. The minimum atomic E-state index is -4.46. The van der Waals surface area contributed by atoms with Gasteiger partial charge in [-0.05, 0) is 42.0 Å². The fraction of sp³-hybridized carbons (Fsp3) is 0.273. The lowest BCUT2D eigenvalue weighted by molar-refractivity contribution is -0.137. The molecular formula is C22H20F3N3O4S. The van der Waals surface area contributed by atoms with Crippen molar-refractivity contribution in [2.75, 3.05) is 13.1 Å². The van der Waals surface area contributed by atoms with Gasteiger partial charge in [0.05, 0.1) is 40.8 Å². The number of hydrogen-bond acceptors (Lipinski definition) is 5. The molecule has 174 valence electrons. The van der Waals surface area contributed by atoms with Crippen LogP contribution < -0.4 is 4.72 Å². The van der Waals surface area contributed by atoms with Crippen LogP contribution >= 0.6 is 0 Å². The van der Waals surface area contributed by atoms with Crippen LogP contribution in [0.25, 0.3) is 0 Å². The summed E-state index contributed by atoms with van der Waals surface area (Å²) >= 11 is 0. The van der Waals surface area contributed by atoms with E-state index in [0.717, 1.165) is 18.2 Å². The molecule has 3 rings (SSSR count). The number of ether oxygens (including phenoxy) is 1. The molecule has 0 aliphatic carbocycles. The Morgan fingerprint density at radius 1 is 1.24 bits per heavy atom. The van der Waals surface area contributed by atoms with Crippen molar-refractivity contribution < 1.29 is 31.1 Å². The van der Waals surface area contributed by atoms with E-state index in [1.807, 2.05) is 6.07 Å². The molecule has 1 N–H and O–H groups in total. The summed E-state index contributed by atoms with van der Waals surface area (Å²) < 4.78 is 72.2. The van der Waals surface area contributed by atoms with Gasteiger partial charge in [-0.3, -0.25) is 4.79 Å². The minimum absolute atomic E-state index is 0.0136. The maximum Gasteiger partial charge on any atom is 0.416 e. The molecule has 33 heavy (non-hydrogen) atoms. The Balaban J connectivity index is 1.76. The summed E-state index contributed by atoms with van der Waals surface area (Å²) in [5, 5.41) is 9.02. The van der Waals surface area contributed by atoms with Crippen LogP contribution in [-0.2, 0) is 32.3 Å². The number of likely N-dealkylation sites (tertiary alicyclic amines) is 1. The van der Waals surface area contributed by atoms with Crippen LogP contribution in [0.15, 0.2) is 66.1 Å². The van der Waals surface area contributed by atoms with E-state index >= 15 is 0 Å². The molecular weight excluding hydrogens is 459 g/mol. The van der Waals surface area contributed by atoms with E-state index in [0.29, 0.717) is 5.56 Å². The van der Waals surface area contributed by atoms with E-state index in [9.17, 15) is 26.4 Å². The van der Waals surface area contributed by atoms with E-state index in [1.54, 1.807) is 0 Å². The first-order valence-electron chi connectivity index (χ1n) is 9.75. The average Bonchev–Trinajstić information content (AvgIpc) is 3.18. The number of sulfonamides is 1. The predicted octanol–water partition coefficient (Wildman–Crippen LogP) is 2.84. The van der Waals surface area contributed by atoms with Crippen LogP contribution in [0.4, 0.5) is 13.2 Å². The number of nitrogens with one attached hydrogen (secondary N) is 1. The lowest BCUT2D eigenvalue weighted by Gasteiger charge is -2.20. The largest absolute Gasteiger partial charge is 0.416 e. The zero-order valence-corrected chi connectivity index (χ0v) is 18.1. The second-order valence-corrected chi connectivity index (χ2v) is 9.07. The molecule has 0 unspecified atom stereocenters. The fourth-order valence-electron chi connectivity index (χ4n) is 3.36. The van der Waals surface area contributed by atoms with Gasteiger partial charge in [0.2, 0.25) is 15.9 Å². The summed E-state index contributed by atoms with van der Waals surface area (Å²) in [5.41, 5.74) is -0.164. The molecule has 1 heterocycles. The molecule has 2 aromatic rings. The third-order valence-electron chi connectivity index (χ3n) is 5.08. The molecule has 11 heteroatoms. The first-order valence-corrected chi connectivity index (χ1v) is 11.2. The second kappa shape index (κ2) is 9.74. The number of rotatable bonds is 7. The third kappa shape index (κ3) is 5.98. The number of halogens is 3. The molecule has 0 aromatic heterocycles. The Hall–Kier alpha value is -3.20. The molecule has 1 fully saturated rings. The van der Waals surface area contributed by atoms with Gasteiger partial charge in [-0.15, -0.1) is 0 Å². The summed E-state index contributed by atoms with van der Waals surface area (Å²) in [6, 6.07) is 10.9. The zero-order valence-electron chi connectivity index (χ0n) is 17.2. The van der Waals surface area contributed by atoms with Gasteiger partial charge in [-0.2, -0.15) is 18.4 Å². The first kappa shape index (κ1) is 24.4. The molecule has 0 radical (unpaired) electrons. The topological polar surface area (TPSA) is 99.5 Å². The highest BCUT2D eigenvalue weighted by atomic mass is 32.2. The molecule has 1 aliphatic heterocycles. The quantitative estimate of drug-likeness (QED) is 0.616. The molecule has 1 saturated heterocycles. The summed E-state index contributed by atoms with van der Waals surface area (Å²) in [5.74, 6) is -0.411. The second-order valence-electron chi connectivity index (χ2n) is 7.36. The summed E-state index contributed by atoms with van der Waals surface area (Å²) in [6.45, 7) is 3.42. The Kier molecular flexibility index (Phi) is 7.22. The van der Waals surface area contributed by atoms with Gasteiger partial charge in [0, 0.05) is 13.1 Å². The lowest BCUT2D eigenvalue weighted by Crippen LogP contribution is -2.44. The van der Waals surface area contributed by atoms with Gasteiger partial charge in [-0.1, -0.05) is 24.8 Å². The molecule has 1 amide bonds. The Labute approximate surface area is 189 Å². The van der Waals surface area contributed by atoms with E-state index in [-0.39, 0.29) is 30.2 Å². The van der Waals surface area contributed by atoms with Crippen molar-refractivity contribution in [2.24, 2.45) is 0 Å². The average molecular weight is 479 g/mol. The van der Waals surface area contributed by atoms with Crippen LogP contribution in [-0.4, -0.2) is 44.5 Å². The number of carbonyl (C=O) groups is 1. The highest BCUT2D eigenvalue weighted by Gasteiger charge is 2.38. The number of alkyl halides is 3. The molecule has 7 nitrogen and oxygen atoms in total. The minimum Gasteiger partial charge on any atom is -0.370 e. The molecule has 2 aromatic carbocycles. The van der Waals surface area contributed by atoms with Gasteiger partial charge in [0.1, 0.15) is 0 Å². The van der Waals surface area contributed by atoms with Crippen LogP contribution in [0.2, 0.25) is 0 Å². The van der Waals surface area contributed by atoms with E-state index < -0.39 is 39.8 Å². The SMILES string of the molecule is C=CC(=O)N1C[C@@H](NS(=O)(=O)c2cccc(C#N)c2)[C@H](OCc2ccc(C(F)(F)F)cc2)C1. The molecule has 1 aliphatic rings. The number of benzene rings is 2. The molecule has 0 spiro atoms. The number of carbonyl (C=O) groups excluding carboxylic acids is 1. The van der Waals surface area contributed by atoms with Crippen molar-refractivity contribution in [2.45, 2.75) is 29.8 Å². The third-order valence-corrected chi connectivity index (χ3v) is 6.57. The molecule has 0 saturated carbocycles. The lowest BCUT2D eigenvalue weighted by atomic mass is 10.1. The number of amides is 1. The summed E-state index contributed by atoms with van der Waals surface area (Å²) in [6.07, 6.45) is -4.12. The normalized spacial score (nSPS) is 18.7. The summed E-state index contributed by atoms with van der Waals surface area (Å²) in [4.78, 5) is 13.3. The smallest absolute Gasteiger partial charge is 0.370 e. The van der Waals surface area contributed by atoms with Crippen molar-refractivity contribution in [1.82, 2.24) is 9.62 Å². The van der Waals surface area contributed by atoms with Crippen LogP contribution in [0, 0.1) is 11.3 Å². The maximum atomic E-state index is 12.8. The van der Waals surface area contributed by atoms with E-state index in [4.69, 9.17) is 10.00 Å². The fourth-order valence-corrected chi connectivity index (χ4v) is 4.66. The summed E-state index contributed by atoms with van der Waals surface area (Å²) in [7, 11) is -4.04. The highest BCUT2D eigenvalue weighted by Crippen LogP contribution is 2.29. The first-order chi connectivity index (χ1) is 15.5. The molecule has 0 bridgehead atoms. The van der Waals surface area contributed by atoms with Crippen LogP contribution in [0.1, 0.15) is 16.7 Å². The van der Waals surface area contributed by atoms with E-state index in [1.165, 1.54) is 41.3 Å². The zero-order chi connectivity index (χ0) is 24.2. The Bertz CT molecular complexity index is 1170. The van der Waals surface area contributed by atoms with Crippen LogP contribution in [0.3, 0.4) is 0 Å². The van der Waals surface area contributed by atoms with Crippen molar-refractivity contribution in [3.8, 4) is 6.07 Å².